The van der Waals surface area contributed by atoms with Gasteiger partial charge in [0.2, 0.25) is 0 Å². The number of carbonyl (C=O) groups excluding carboxylic acids is 1. The predicted molar refractivity (Wildman–Crippen MR) is 101 cm³/mol. The Morgan fingerprint density at radius 2 is 1.92 bits per heavy atom. The number of halogens is 2. The van der Waals surface area contributed by atoms with Crippen molar-refractivity contribution in [2.45, 2.75) is 6.92 Å². The molecule has 26 heavy (non-hydrogen) atoms. The number of hydrogen-bond acceptors (Lipinski definition) is 3. The first-order valence-electron chi connectivity index (χ1n) is 7.72. The van der Waals surface area contributed by atoms with Crippen LogP contribution in [0.1, 0.15) is 14.8 Å². The van der Waals surface area contributed by atoms with Gasteiger partial charge in [0, 0.05) is 0 Å². The fourth-order valence-electron chi connectivity index (χ4n) is 2.67. The van der Waals surface area contributed by atoms with Crippen molar-refractivity contribution < 1.29 is 13.6 Å². The first-order valence-corrected chi connectivity index (χ1v) is 10.3. The molecule has 1 N–H and O–H groups in total. The van der Waals surface area contributed by atoms with Gasteiger partial charge < -0.3 is 0 Å². The van der Waals surface area contributed by atoms with Crippen LogP contribution in [0.3, 0.4) is 0 Å². The molecule has 0 bridgehead atoms. The van der Waals surface area contributed by atoms with E-state index in [2.05, 4.69) is 16.4 Å². The molecule has 0 spiro atoms. The van der Waals surface area contributed by atoms with Gasteiger partial charge in [-0.15, -0.1) is 0 Å². The Balaban J connectivity index is 1.65. The zero-order valence-corrected chi connectivity index (χ0v) is 16.1. The zero-order chi connectivity index (χ0) is 18.3. The van der Waals surface area contributed by atoms with Crippen LogP contribution >= 0.6 is 11.3 Å². The number of rotatable bonds is 3. The summed E-state index contributed by atoms with van der Waals surface area (Å²) in [6, 6.07) is 11.2. The van der Waals surface area contributed by atoms with E-state index in [0.29, 0.717) is 4.44 Å². The zero-order valence-electron chi connectivity index (χ0n) is 13.5. The second-order valence-electron chi connectivity index (χ2n) is 5.70. The Bertz CT molecular complexity index is 1120. The third-order valence-corrected chi connectivity index (χ3v) is 7.11. The molecule has 2 aromatic heterocycles. The summed E-state index contributed by atoms with van der Waals surface area (Å²) in [7, 11) is 0. The first-order chi connectivity index (χ1) is 12.5. The monoisotopic (exact) mass is 434 g/mol. The molecule has 0 saturated heterocycles. The second-order valence-corrected chi connectivity index (χ2v) is 8.86. The van der Waals surface area contributed by atoms with Crippen molar-refractivity contribution in [2.24, 2.45) is 0 Å². The van der Waals surface area contributed by atoms with Crippen molar-refractivity contribution in [2.75, 3.05) is 5.32 Å². The topological polar surface area (TPSA) is 42.0 Å². The van der Waals surface area contributed by atoms with Gasteiger partial charge in [0.25, 0.3) is 0 Å². The summed E-state index contributed by atoms with van der Waals surface area (Å²) >= 11 is 1.34. The molecular weight excluding hydrogens is 421 g/mol. The molecule has 0 aliphatic carbocycles. The number of hydrogen-bond donors (Lipinski definition) is 1. The van der Waals surface area contributed by atoms with E-state index in [9.17, 15) is 13.6 Å². The van der Waals surface area contributed by atoms with Gasteiger partial charge in [-0.05, 0) is 0 Å². The molecule has 1 amide bonds. The van der Waals surface area contributed by atoms with Gasteiger partial charge in [0.15, 0.2) is 0 Å². The van der Waals surface area contributed by atoms with Gasteiger partial charge in [0.1, 0.15) is 0 Å². The van der Waals surface area contributed by atoms with Crippen LogP contribution in [0.15, 0.2) is 48.0 Å². The molecule has 4 rings (SSSR count). The SMILES string of the molecule is Cc1cc2scnc2cc1-c1ccc(C(=O)Nc2c(F)cccc2F)[se]1. The number of amides is 1. The van der Waals surface area contributed by atoms with E-state index in [-0.39, 0.29) is 14.5 Å². The predicted octanol–water partition coefficient (Wildman–Crippen LogP) is 4.86. The molecule has 4 aromatic rings. The average Bonchev–Trinajstić information content (AvgIpc) is 3.26. The van der Waals surface area contributed by atoms with Crippen LogP contribution in [-0.4, -0.2) is 25.4 Å². The quantitative estimate of drug-likeness (QED) is 0.469. The number of anilines is 1. The molecule has 7 heteroatoms. The van der Waals surface area contributed by atoms with Gasteiger partial charge in [-0.25, -0.2) is 0 Å². The fraction of sp³-hybridized carbons (Fsp3) is 0.0526. The van der Waals surface area contributed by atoms with Crippen LogP contribution in [0.2, 0.25) is 0 Å². The van der Waals surface area contributed by atoms with E-state index < -0.39 is 23.2 Å². The Hall–Kier alpha value is -2.34. The van der Waals surface area contributed by atoms with Gasteiger partial charge in [-0.3, -0.25) is 0 Å². The van der Waals surface area contributed by atoms with Crippen LogP contribution in [0.25, 0.3) is 20.2 Å². The molecule has 0 aliphatic rings. The second kappa shape index (κ2) is 6.76. The minimum atomic E-state index is -0.789. The molecular formula is C19H12F2N2OSSe. The van der Waals surface area contributed by atoms with Crippen molar-refractivity contribution in [1.29, 1.82) is 0 Å². The maximum absolute atomic E-state index is 13.7. The number of aromatic nitrogens is 1. The van der Waals surface area contributed by atoms with Gasteiger partial charge >= 0.3 is 158 Å². The van der Waals surface area contributed by atoms with Crippen LogP contribution < -0.4 is 5.32 Å². The van der Waals surface area contributed by atoms with Crippen molar-refractivity contribution >= 4 is 47.7 Å². The molecule has 2 aromatic carbocycles. The Labute approximate surface area is 158 Å². The standard InChI is InChI=1S/C19H12F2N2OSSe/c1-10-7-15-14(22-9-25-15)8-11(10)16-5-6-17(26-16)19(24)23-18-12(20)3-2-4-13(18)21/h2-9H,1H3,(H,23,24). The third kappa shape index (κ3) is 3.09. The van der Waals surface area contributed by atoms with Crippen molar-refractivity contribution in [3.63, 3.8) is 0 Å². The summed E-state index contributed by atoms with van der Waals surface area (Å²) in [5.74, 6) is -2.06. The molecule has 130 valence electrons. The molecule has 0 radical (unpaired) electrons. The molecule has 3 nitrogen and oxygen atoms in total. The van der Waals surface area contributed by atoms with Crippen LogP contribution in [-0.2, 0) is 0 Å². The summed E-state index contributed by atoms with van der Waals surface area (Å²) < 4.78 is 30.1. The number of nitrogens with zero attached hydrogens (tertiary/aromatic N) is 1. The minimum absolute atomic E-state index is 0.250. The molecule has 0 fully saturated rings. The van der Waals surface area contributed by atoms with E-state index in [4.69, 9.17) is 0 Å². The van der Waals surface area contributed by atoms with E-state index in [1.165, 1.54) is 6.07 Å². The summed E-state index contributed by atoms with van der Waals surface area (Å²) in [4.78, 5) is 16.8. The van der Waals surface area contributed by atoms with E-state index >= 15 is 0 Å². The molecule has 0 atom stereocenters. The van der Waals surface area contributed by atoms with Crippen molar-refractivity contribution in [1.82, 2.24) is 4.98 Å². The van der Waals surface area contributed by atoms with Crippen LogP contribution in [0, 0.1) is 18.6 Å². The normalized spacial score (nSPS) is 11.0. The number of fused-ring (bicyclic) bond motifs is 1. The van der Waals surface area contributed by atoms with E-state index in [1.54, 1.807) is 17.4 Å². The Morgan fingerprint density at radius 1 is 1.15 bits per heavy atom. The average molecular weight is 433 g/mol. The van der Waals surface area contributed by atoms with Gasteiger partial charge in [0.05, 0.1) is 0 Å². The fourth-order valence-corrected chi connectivity index (χ4v) is 5.49. The molecule has 0 aliphatic heterocycles. The van der Waals surface area contributed by atoms with E-state index in [1.807, 2.05) is 24.6 Å². The number of carbonyl (C=O) groups is 1. The van der Waals surface area contributed by atoms with Gasteiger partial charge in [-0.1, -0.05) is 0 Å². The number of aryl methyl sites for hydroxylation is 1. The molecule has 0 saturated carbocycles. The van der Waals surface area contributed by atoms with Crippen molar-refractivity contribution in [3.05, 3.63) is 69.6 Å². The number of benzene rings is 2. The molecule has 0 unspecified atom stereocenters. The van der Waals surface area contributed by atoms with Crippen LogP contribution in [0.5, 0.6) is 0 Å². The number of nitrogens with one attached hydrogen (secondary N) is 1. The maximum atomic E-state index is 13.7. The van der Waals surface area contributed by atoms with Crippen molar-refractivity contribution in [3.8, 4) is 10.0 Å². The Kier molecular flexibility index (Phi) is 4.44. The number of para-hydroxylation sites is 1. The first kappa shape index (κ1) is 17.1. The summed E-state index contributed by atoms with van der Waals surface area (Å²) in [5.41, 5.74) is 4.49. The number of thiazole rings is 1. The molecule has 2 heterocycles. The van der Waals surface area contributed by atoms with Gasteiger partial charge in [-0.2, -0.15) is 0 Å². The summed E-state index contributed by atoms with van der Waals surface area (Å²) in [5, 5.41) is 2.35. The Morgan fingerprint density at radius 3 is 2.69 bits per heavy atom. The van der Waals surface area contributed by atoms with E-state index in [0.717, 1.165) is 37.9 Å². The summed E-state index contributed by atoms with van der Waals surface area (Å²) in [6.07, 6.45) is 0. The third-order valence-electron chi connectivity index (χ3n) is 3.97. The van der Waals surface area contributed by atoms with Crippen LogP contribution in [0.4, 0.5) is 14.5 Å². The summed E-state index contributed by atoms with van der Waals surface area (Å²) in [6.45, 7) is 2.03.